The summed E-state index contributed by atoms with van der Waals surface area (Å²) in [7, 11) is 0. The monoisotopic (exact) mass is 402 g/mol. The molecular weight excluding hydrogens is 379 g/mol. The van der Waals surface area contributed by atoms with Crippen molar-refractivity contribution in [2.45, 2.75) is 25.9 Å². The topological polar surface area (TPSA) is 58.4 Å². The minimum atomic E-state index is -0.289. The van der Waals surface area contributed by atoms with Gasteiger partial charge in [0.15, 0.2) is 5.65 Å². The van der Waals surface area contributed by atoms with Crippen LogP contribution in [0.1, 0.15) is 13.8 Å². The number of piperazine rings is 1. The lowest BCUT2D eigenvalue weighted by atomic mass is 10.1. The molecule has 30 heavy (non-hydrogen) atoms. The Hall–Kier alpha value is -3.32. The summed E-state index contributed by atoms with van der Waals surface area (Å²) in [5.74, 6) is 0.615. The average molecular weight is 402 g/mol. The number of imidazole rings is 1. The molecule has 4 heterocycles. The number of fused-ring (bicyclic) bond motifs is 1. The van der Waals surface area contributed by atoms with Crippen LogP contribution in [0.25, 0.3) is 28.2 Å². The van der Waals surface area contributed by atoms with Gasteiger partial charge < -0.3 is 10.2 Å². The van der Waals surface area contributed by atoms with Crippen molar-refractivity contribution in [3.63, 3.8) is 0 Å². The second-order valence-electron chi connectivity index (χ2n) is 7.89. The summed E-state index contributed by atoms with van der Waals surface area (Å²) in [5.41, 5.74) is 3.91. The predicted molar refractivity (Wildman–Crippen MR) is 116 cm³/mol. The molecule has 1 aliphatic heterocycles. The van der Waals surface area contributed by atoms with Gasteiger partial charge in [-0.2, -0.15) is 0 Å². The maximum Gasteiger partial charge on any atom is 0.155 e. The minimum Gasteiger partial charge on any atom is -0.352 e. The van der Waals surface area contributed by atoms with Crippen LogP contribution in [0.4, 0.5) is 10.2 Å². The molecule has 1 saturated heterocycles. The quantitative estimate of drug-likeness (QED) is 0.565. The van der Waals surface area contributed by atoms with Crippen molar-refractivity contribution in [3.05, 3.63) is 66.7 Å². The van der Waals surface area contributed by atoms with Crippen molar-refractivity contribution in [2.24, 2.45) is 0 Å². The molecule has 0 bridgehead atoms. The van der Waals surface area contributed by atoms with Gasteiger partial charge in [0.1, 0.15) is 17.3 Å². The van der Waals surface area contributed by atoms with Crippen LogP contribution in [0.3, 0.4) is 0 Å². The third kappa shape index (κ3) is 3.41. The summed E-state index contributed by atoms with van der Waals surface area (Å²) < 4.78 is 15.8. The lowest BCUT2D eigenvalue weighted by molar-refractivity contribution is 0.404. The Labute approximate surface area is 174 Å². The Morgan fingerprint density at radius 1 is 0.967 bits per heavy atom. The standard InChI is InChI=1S/C23H23FN6/c1-15-13-29(14-16(2)26-15)21-7-6-20-27-22(18-4-3-5-19(24)12-18)23(30(20)28-21)17-8-10-25-11-9-17/h3-12,15-16,26H,13-14H2,1-2H3/t15-,16+. The summed E-state index contributed by atoms with van der Waals surface area (Å²) in [4.78, 5) is 11.2. The van der Waals surface area contributed by atoms with Crippen molar-refractivity contribution in [1.29, 1.82) is 0 Å². The number of hydrogen-bond acceptors (Lipinski definition) is 5. The van der Waals surface area contributed by atoms with Gasteiger partial charge >= 0.3 is 0 Å². The molecule has 1 aliphatic rings. The van der Waals surface area contributed by atoms with Crippen LogP contribution >= 0.6 is 0 Å². The summed E-state index contributed by atoms with van der Waals surface area (Å²) in [5, 5.41) is 8.50. The van der Waals surface area contributed by atoms with Crippen LogP contribution < -0.4 is 10.2 Å². The maximum atomic E-state index is 13.9. The van der Waals surface area contributed by atoms with E-state index in [1.165, 1.54) is 12.1 Å². The van der Waals surface area contributed by atoms with Crippen molar-refractivity contribution >= 4 is 11.5 Å². The Bertz CT molecular complexity index is 1180. The molecule has 4 aromatic rings. The lowest BCUT2D eigenvalue weighted by Crippen LogP contribution is -2.54. The summed E-state index contributed by atoms with van der Waals surface area (Å²) in [6, 6.07) is 15.1. The molecule has 0 spiro atoms. The maximum absolute atomic E-state index is 13.9. The highest BCUT2D eigenvalue weighted by atomic mass is 19.1. The first kappa shape index (κ1) is 18.7. The summed E-state index contributed by atoms with van der Waals surface area (Å²) in [6.45, 7) is 6.14. The smallest absolute Gasteiger partial charge is 0.155 e. The van der Waals surface area contributed by atoms with Crippen LogP contribution in [0.5, 0.6) is 0 Å². The van der Waals surface area contributed by atoms with Crippen molar-refractivity contribution < 1.29 is 4.39 Å². The average Bonchev–Trinajstić information content (AvgIpc) is 3.12. The molecule has 1 aromatic carbocycles. The highest BCUT2D eigenvalue weighted by molar-refractivity contribution is 5.81. The van der Waals surface area contributed by atoms with Gasteiger partial charge in [-0.05, 0) is 50.2 Å². The first-order chi connectivity index (χ1) is 14.6. The molecule has 0 unspecified atom stereocenters. The number of halogens is 1. The Balaban J connectivity index is 1.70. The van der Waals surface area contributed by atoms with Crippen molar-refractivity contribution in [3.8, 4) is 22.5 Å². The highest BCUT2D eigenvalue weighted by Crippen LogP contribution is 2.33. The minimum absolute atomic E-state index is 0.289. The first-order valence-electron chi connectivity index (χ1n) is 10.2. The molecule has 0 aliphatic carbocycles. The highest BCUT2D eigenvalue weighted by Gasteiger charge is 2.24. The van der Waals surface area contributed by atoms with Crippen molar-refractivity contribution in [1.82, 2.24) is 24.9 Å². The molecule has 2 atom stereocenters. The second-order valence-corrected chi connectivity index (χ2v) is 7.89. The molecular formula is C23H23FN6. The van der Waals surface area contributed by atoms with Gasteiger partial charge in [0.2, 0.25) is 0 Å². The largest absolute Gasteiger partial charge is 0.352 e. The Morgan fingerprint density at radius 3 is 2.47 bits per heavy atom. The van der Waals surface area contributed by atoms with Crippen LogP contribution in [0.15, 0.2) is 60.9 Å². The van der Waals surface area contributed by atoms with Gasteiger partial charge in [0.25, 0.3) is 0 Å². The molecule has 1 N–H and O–H groups in total. The summed E-state index contributed by atoms with van der Waals surface area (Å²) >= 11 is 0. The van der Waals surface area contributed by atoms with Gasteiger partial charge in [0.05, 0.1) is 5.69 Å². The molecule has 3 aromatic heterocycles. The zero-order chi connectivity index (χ0) is 20.7. The van der Waals surface area contributed by atoms with E-state index in [0.29, 0.717) is 17.8 Å². The zero-order valence-corrected chi connectivity index (χ0v) is 17.0. The van der Waals surface area contributed by atoms with Crippen molar-refractivity contribution in [2.75, 3.05) is 18.0 Å². The Morgan fingerprint density at radius 2 is 1.73 bits per heavy atom. The van der Waals surface area contributed by atoms with Crippen LogP contribution in [0.2, 0.25) is 0 Å². The van der Waals surface area contributed by atoms with E-state index in [4.69, 9.17) is 10.1 Å². The van der Waals surface area contributed by atoms with E-state index in [0.717, 1.165) is 41.4 Å². The number of anilines is 1. The molecule has 0 radical (unpaired) electrons. The van der Waals surface area contributed by atoms with Crippen LogP contribution in [-0.4, -0.2) is 44.8 Å². The number of aromatic nitrogens is 4. The number of rotatable bonds is 3. The second kappa shape index (κ2) is 7.50. The molecule has 6 nitrogen and oxygen atoms in total. The summed E-state index contributed by atoms with van der Waals surface area (Å²) in [6.07, 6.45) is 3.49. The van der Waals surface area contributed by atoms with Gasteiger partial charge in [-0.15, -0.1) is 5.10 Å². The molecule has 5 rings (SSSR count). The molecule has 0 amide bonds. The zero-order valence-electron chi connectivity index (χ0n) is 17.0. The van der Waals surface area contributed by atoms with Gasteiger partial charge in [-0.25, -0.2) is 13.9 Å². The normalized spacial score (nSPS) is 19.4. The number of pyridine rings is 1. The SMILES string of the molecule is C[C@@H]1CN(c2ccc3nc(-c4cccc(F)c4)c(-c4ccncc4)n3n2)C[C@H](C)N1. The predicted octanol–water partition coefficient (Wildman–Crippen LogP) is 3.78. The third-order valence-electron chi connectivity index (χ3n) is 5.40. The number of nitrogens with zero attached hydrogens (tertiary/aromatic N) is 5. The van der Waals surface area contributed by atoms with E-state index in [-0.39, 0.29) is 5.82 Å². The number of benzene rings is 1. The van der Waals surface area contributed by atoms with E-state index in [1.54, 1.807) is 18.5 Å². The van der Waals surface area contributed by atoms with Crippen LogP contribution in [-0.2, 0) is 0 Å². The van der Waals surface area contributed by atoms with E-state index in [1.807, 2.05) is 34.8 Å². The fourth-order valence-electron chi connectivity index (χ4n) is 4.21. The van der Waals surface area contributed by atoms with Gasteiger partial charge in [0, 0.05) is 48.7 Å². The molecule has 152 valence electrons. The fraction of sp³-hybridized carbons (Fsp3) is 0.261. The molecule has 7 heteroatoms. The Kier molecular flexibility index (Phi) is 4.67. The van der Waals surface area contributed by atoms with E-state index >= 15 is 0 Å². The van der Waals surface area contributed by atoms with Crippen LogP contribution in [0, 0.1) is 5.82 Å². The lowest BCUT2D eigenvalue weighted by Gasteiger charge is -2.36. The fourth-order valence-corrected chi connectivity index (χ4v) is 4.21. The molecule has 0 saturated carbocycles. The van der Waals surface area contributed by atoms with E-state index in [9.17, 15) is 4.39 Å². The number of nitrogens with one attached hydrogen (secondary N) is 1. The number of hydrogen-bond donors (Lipinski definition) is 1. The van der Waals surface area contributed by atoms with Gasteiger partial charge in [-0.1, -0.05) is 12.1 Å². The van der Waals surface area contributed by atoms with Gasteiger partial charge in [-0.3, -0.25) is 4.98 Å². The third-order valence-corrected chi connectivity index (χ3v) is 5.40. The first-order valence-corrected chi connectivity index (χ1v) is 10.2. The van der Waals surface area contributed by atoms with E-state index < -0.39 is 0 Å². The van der Waals surface area contributed by atoms with E-state index in [2.05, 4.69) is 29.0 Å². The molecule has 1 fully saturated rings.